The molecular formula is C12H12BrNO2. The van der Waals surface area contributed by atoms with E-state index in [1.165, 1.54) is 0 Å². The molecule has 0 spiro atoms. The number of halogens is 1. The molecule has 1 heterocycles. The van der Waals surface area contributed by atoms with Crippen molar-refractivity contribution in [3.63, 3.8) is 0 Å². The number of hydrogen-bond donors (Lipinski definition) is 1. The molecule has 4 heteroatoms. The summed E-state index contributed by atoms with van der Waals surface area (Å²) in [5.74, 6) is -0.892. The highest BCUT2D eigenvalue weighted by Gasteiger charge is 2.18. The minimum Gasteiger partial charge on any atom is -0.478 e. The predicted octanol–water partition coefficient (Wildman–Crippen LogP) is 2.91. The van der Waals surface area contributed by atoms with Crippen molar-refractivity contribution in [3.05, 3.63) is 40.4 Å². The molecule has 0 bridgehead atoms. The molecule has 1 aliphatic rings. The molecule has 0 radical (unpaired) electrons. The van der Waals surface area contributed by atoms with Gasteiger partial charge in [0.15, 0.2) is 0 Å². The summed E-state index contributed by atoms with van der Waals surface area (Å²) >= 11 is 3.29. The van der Waals surface area contributed by atoms with Crippen LogP contribution in [-0.2, 0) is 0 Å². The van der Waals surface area contributed by atoms with Crippen molar-refractivity contribution < 1.29 is 9.90 Å². The van der Waals surface area contributed by atoms with E-state index in [-0.39, 0.29) is 0 Å². The van der Waals surface area contributed by atoms with Gasteiger partial charge >= 0.3 is 5.97 Å². The molecule has 0 aromatic heterocycles. The number of carboxylic acids is 1. The summed E-state index contributed by atoms with van der Waals surface area (Å²) in [4.78, 5) is 13.3. The van der Waals surface area contributed by atoms with Gasteiger partial charge in [-0.25, -0.2) is 4.79 Å². The fourth-order valence-corrected chi connectivity index (χ4v) is 2.37. The third kappa shape index (κ3) is 2.11. The second kappa shape index (κ2) is 4.70. The molecule has 3 nitrogen and oxygen atoms in total. The molecule has 1 aliphatic heterocycles. The summed E-state index contributed by atoms with van der Waals surface area (Å²) in [6.07, 6.45) is 5.15. The zero-order chi connectivity index (χ0) is 11.5. The Morgan fingerprint density at radius 2 is 2.19 bits per heavy atom. The first kappa shape index (κ1) is 11.2. The maximum atomic E-state index is 11.2. The number of carbonyl (C=O) groups is 1. The van der Waals surface area contributed by atoms with Crippen molar-refractivity contribution in [2.45, 2.75) is 6.42 Å². The van der Waals surface area contributed by atoms with Gasteiger partial charge in [-0.2, -0.15) is 0 Å². The first-order valence-corrected chi connectivity index (χ1v) is 5.91. The van der Waals surface area contributed by atoms with Gasteiger partial charge < -0.3 is 10.0 Å². The van der Waals surface area contributed by atoms with E-state index in [0.717, 1.165) is 25.2 Å². The Morgan fingerprint density at radius 3 is 2.81 bits per heavy atom. The molecule has 0 saturated carbocycles. The smallest absolute Gasteiger partial charge is 0.338 e. The Bertz CT molecular complexity index is 443. The van der Waals surface area contributed by atoms with Crippen LogP contribution in [-0.4, -0.2) is 24.2 Å². The number of carboxylic acid groups (broad SMARTS) is 1. The molecule has 84 valence electrons. The minimum atomic E-state index is -0.892. The topological polar surface area (TPSA) is 40.5 Å². The van der Waals surface area contributed by atoms with Crippen LogP contribution < -0.4 is 4.90 Å². The highest BCUT2D eigenvalue weighted by atomic mass is 79.9. The number of nitrogens with zero attached hydrogens (tertiary/aromatic N) is 1. The normalized spacial score (nSPS) is 15.2. The van der Waals surface area contributed by atoms with E-state index >= 15 is 0 Å². The molecule has 16 heavy (non-hydrogen) atoms. The molecule has 0 saturated heterocycles. The summed E-state index contributed by atoms with van der Waals surface area (Å²) < 4.78 is 0.632. The monoisotopic (exact) mass is 281 g/mol. The van der Waals surface area contributed by atoms with Crippen molar-refractivity contribution in [1.82, 2.24) is 0 Å². The van der Waals surface area contributed by atoms with Crippen molar-refractivity contribution in [2.24, 2.45) is 0 Å². The Morgan fingerprint density at radius 1 is 1.38 bits per heavy atom. The van der Waals surface area contributed by atoms with Crippen LogP contribution in [0.15, 0.2) is 34.8 Å². The van der Waals surface area contributed by atoms with Crippen LogP contribution in [0, 0.1) is 0 Å². The molecule has 1 N–H and O–H groups in total. The highest BCUT2D eigenvalue weighted by molar-refractivity contribution is 9.10. The summed E-state index contributed by atoms with van der Waals surface area (Å²) in [6.45, 7) is 1.64. The van der Waals surface area contributed by atoms with E-state index in [2.05, 4.69) is 33.0 Å². The van der Waals surface area contributed by atoms with Crippen molar-refractivity contribution in [3.8, 4) is 0 Å². The summed E-state index contributed by atoms with van der Waals surface area (Å²) in [5.41, 5.74) is 1.13. The van der Waals surface area contributed by atoms with Gasteiger partial charge in [0.2, 0.25) is 0 Å². The standard InChI is InChI=1S/C12H12BrNO2/c13-9-5-4-6-10(11(9)12(15)16)14-7-2-1-3-8-14/h1-2,4-6H,3,7-8H2,(H,15,16). The Kier molecular flexibility index (Phi) is 3.29. The van der Waals surface area contributed by atoms with Crippen molar-refractivity contribution in [2.75, 3.05) is 18.0 Å². The van der Waals surface area contributed by atoms with Gasteiger partial charge in [0, 0.05) is 17.6 Å². The fraction of sp³-hybridized carbons (Fsp3) is 0.250. The molecule has 2 rings (SSSR count). The minimum absolute atomic E-state index is 0.345. The molecule has 1 aromatic carbocycles. The Hall–Kier alpha value is -1.29. The molecule has 0 aliphatic carbocycles. The largest absolute Gasteiger partial charge is 0.478 e. The van der Waals surface area contributed by atoms with Gasteiger partial charge in [0.25, 0.3) is 0 Å². The van der Waals surface area contributed by atoms with Gasteiger partial charge in [-0.05, 0) is 34.5 Å². The molecule has 0 unspecified atom stereocenters. The summed E-state index contributed by atoms with van der Waals surface area (Å²) in [7, 11) is 0. The average molecular weight is 282 g/mol. The molecule has 0 atom stereocenters. The van der Waals surface area contributed by atoms with E-state index in [0.29, 0.717) is 10.0 Å². The Labute approximate surface area is 103 Å². The lowest BCUT2D eigenvalue weighted by Gasteiger charge is -2.27. The SMILES string of the molecule is O=C(O)c1c(Br)cccc1N1CC=CCC1. The van der Waals surface area contributed by atoms with Crippen molar-refractivity contribution in [1.29, 1.82) is 0 Å². The van der Waals surface area contributed by atoms with Crippen LogP contribution in [0.3, 0.4) is 0 Å². The number of anilines is 1. The molecule has 0 amide bonds. The van der Waals surface area contributed by atoms with Crippen LogP contribution >= 0.6 is 15.9 Å². The van der Waals surface area contributed by atoms with Crippen LogP contribution in [0.4, 0.5) is 5.69 Å². The average Bonchev–Trinajstić information content (AvgIpc) is 2.29. The molecule has 1 aromatic rings. The van der Waals surface area contributed by atoms with Gasteiger partial charge in [-0.1, -0.05) is 18.2 Å². The summed E-state index contributed by atoms with van der Waals surface area (Å²) in [6, 6.07) is 5.48. The zero-order valence-electron chi connectivity index (χ0n) is 8.69. The quantitative estimate of drug-likeness (QED) is 0.848. The van der Waals surface area contributed by atoms with Gasteiger partial charge in [0.05, 0.1) is 11.3 Å². The lowest BCUT2D eigenvalue weighted by Crippen LogP contribution is -2.28. The summed E-state index contributed by atoms with van der Waals surface area (Å²) in [5, 5.41) is 9.20. The van der Waals surface area contributed by atoms with E-state index < -0.39 is 5.97 Å². The van der Waals surface area contributed by atoms with Crippen LogP contribution in [0.5, 0.6) is 0 Å². The lowest BCUT2D eigenvalue weighted by molar-refractivity contribution is 0.0696. The number of benzene rings is 1. The fourth-order valence-electron chi connectivity index (χ4n) is 1.85. The Balaban J connectivity index is 2.43. The third-order valence-electron chi connectivity index (χ3n) is 2.60. The van der Waals surface area contributed by atoms with Gasteiger partial charge in [-0.15, -0.1) is 0 Å². The van der Waals surface area contributed by atoms with E-state index in [4.69, 9.17) is 0 Å². The van der Waals surface area contributed by atoms with Crippen LogP contribution in [0.1, 0.15) is 16.8 Å². The first-order chi connectivity index (χ1) is 7.70. The van der Waals surface area contributed by atoms with Crippen LogP contribution in [0.25, 0.3) is 0 Å². The number of aromatic carboxylic acids is 1. The maximum Gasteiger partial charge on any atom is 0.338 e. The highest BCUT2D eigenvalue weighted by Crippen LogP contribution is 2.28. The number of hydrogen-bond acceptors (Lipinski definition) is 2. The number of rotatable bonds is 2. The lowest BCUT2D eigenvalue weighted by atomic mass is 10.1. The van der Waals surface area contributed by atoms with Crippen LogP contribution in [0.2, 0.25) is 0 Å². The van der Waals surface area contributed by atoms with Crippen molar-refractivity contribution >= 4 is 27.6 Å². The molecular weight excluding hydrogens is 270 g/mol. The van der Waals surface area contributed by atoms with E-state index in [1.807, 2.05) is 12.1 Å². The predicted molar refractivity (Wildman–Crippen MR) is 67.1 cm³/mol. The van der Waals surface area contributed by atoms with E-state index in [9.17, 15) is 9.90 Å². The van der Waals surface area contributed by atoms with E-state index in [1.54, 1.807) is 6.07 Å². The molecule has 0 fully saturated rings. The van der Waals surface area contributed by atoms with Gasteiger partial charge in [-0.3, -0.25) is 0 Å². The second-order valence-corrected chi connectivity index (χ2v) is 4.50. The maximum absolute atomic E-state index is 11.2. The first-order valence-electron chi connectivity index (χ1n) is 5.12. The second-order valence-electron chi connectivity index (χ2n) is 3.65. The zero-order valence-corrected chi connectivity index (χ0v) is 10.3. The third-order valence-corrected chi connectivity index (χ3v) is 3.27. The van der Waals surface area contributed by atoms with Gasteiger partial charge in [0.1, 0.15) is 0 Å².